The molecule has 0 heterocycles. The summed E-state index contributed by atoms with van der Waals surface area (Å²) in [6.07, 6.45) is -0.503. The minimum atomic E-state index is -0.503. The van der Waals surface area contributed by atoms with Crippen molar-refractivity contribution >= 4 is 12.0 Å². The lowest BCUT2D eigenvalue weighted by molar-refractivity contribution is -0.123. The van der Waals surface area contributed by atoms with Crippen LogP contribution < -0.4 is 20.1 Å². The van der Waals surface area contributed by atoms with Gasteiger partial charge in [-0.25, -0.2) is 4.79 Å². The second-order valence-corrected chi connectivity index (χ2v) is 3.94. The van der Waals surface area contributed by atoms with Gasteiger partial charge in [-0.2, -0.15) is 0 Å². The Morgan fingerprint density at radius 2 is 1.76 bits per heavy atom. The number of para-hydroxylation sites is 2. The second kappa shape index (κ2) is 9.46. The van der Waals surface area contributed by atoms with Crippen molar-refractivity contribution in [3.63, 3.8) is 0 Å². The van der Waals surface area contributed by atoms with Crippen molar-refractivity contribution in [3.8, 4) is 11.5 Å². The summed E-state index contributed by atoms with van der Waals surface area (Å²) in [5, 5.41) is 5.11. The molecule has 7 nitrogen and oxygen atoms in total. The van der Waals surface area contributed by atoms with E-state index in [-0.39, 0.29) is 12.5 Å². The zero-order valence-corrected chi connectivity index (χ0v) is 12.2. The first kappa shape index (κ1) is 16.6. The van der Waals surface area contributed by atoms with Crippen LogP contribution in [0.4, 0.5) is 4.79 Å². The van der Waals surface area contributed by atoms with E-state index in [4.69, 9.17) is 9.47 Å². The van der Waals surface area contributed by atoms with Gasteiger partial charge in [0.25, 0.3) is 5.91 Å². The first-order valence-corrected chi connectivity index (χ1v) is 6.60. The average Bonchev–Trinajstić information content (AvgIpc) is 2.50. The molecule has 1 rings (SSSR count). The number of rotatable bonds is 8. The monoisotopic (exact) mass is 296 g/mol. The van der Waals surface area contributed by atoms with Crippen LogP contribution in [0.25, 0.3) is 0 Å². The maximum Gasteiger partial charge on any atom is 0.407 e. The molecule has 0 saturated heterocycles. The maximum atomic E-state index is 11.6. The summed E-state index contributed by atoms with van der Waals surface area (Å²) >= 11 is 0. The Kier molecular flexibility index (Phi) is 7.49. The minimum Gasteiger partial charge on any atom is -0.493 e. The summed E-state index contributed by atoms with van der Waals surface area (Å²) in [5.41, 5.74) is 0. The van der Waals surface area contributed by atoms with Crippen LogP contribution in [0.1, 0.15) is 6.92 Å². The minimum absolute atomic E-state index is 0.125. The molecule has 116 valence electrons. The molecule has 0 aliphatic heterocycles. The third kappa shape index (κ3) is 6.51. The Morgan fingerprint density at radius 1 is 1.10 bits per heavy atom. The smallest absolute Gasteiger partial charge is 0.407 e. The first-order chi connectivity index (χ1) is 10.2. The molecule has 7 heteroatoms. The predicted octanol–water partition coefficient (Wildman–Crippen LogP) is 0.936. The molecule has 0 fully saturated rings. The average molecular weight is 296 g/mol. The van der Waals surface area contributed by atoms with Crippen molar-refractivity contribution in [1.29, 1.82) is 0 Å². The topological polar surface area (TPSA) is 85.9 Å². The highest BCUT2D eigenvalue weighted by Crippen LogP contribution is 2.25. The van der Waals surface area contributed by atoms with Crippen LogP contribution in [0.2, 0.25) is 0 Å². The van der Waals surface area contributed by atoms with E-state index in [1.165, 1.54) is 7.11 Å². The van der Waals surface area contributed by atoms with Gasteiger partial charge in [-0.05, 0) is 19.1 Å². The van der Waals surface area contributed by atoms with Gasteiger partial charge in [0.05, 0.1) is 13.7 Å². The van der Waals surface area contributed by atoms with Gasteiger partial charge >= 0.3 is 6.09 Å². The van der Waals surface area contributed by atoms with Crippen LogP contribution in [-0.2, 0) is 9.53 Å². The molecule has 0 aliphatic carbocycles. The number of carbonyl (C=O) groups is 2. The molecule has 0 unspecified atom stereocenters. The summed E-state index contributed by atoms with van der Waals surface area (Å²) in [5.74, 6) is 0.778. The maximum absolute atomic E-state index is 11.6. The standard InChI is InChI=1S/C14H20N2O5/c1-3-20-14(18)16-9-8-15-13(17)10-21-12-7-5-4-6-11(12)19-2/h4-7H,3,8-10H2,1-2H3,(H,15,17)(H,16,18). The Labute approximate surface area is 123 Å². The summed E-state index contributed by atoms with van der Waals surface area (Å²) in [7, 11) is 1.53. The highest BCUT2D eigenvalue weighted by atomic mass is 16.5. The van der Waals surface area contributed by atoms with E-state index in [2.05, 4.69) is 15.4 Å². The molecule has 0 spiro atoms. The number of benzene rings is 1. The fourth-order valence-electron chi connectivity index (χ4n) is 1.48. The van der Waals surface area contributed by atoms with Gasteiger partial charge in [-0.3, -0.25) is 4.79 Å². The molecule has 2 N–H and O–H groups in total. The van der Waals surface area contributed by atoms with Crippen LogP contribution in [0.3, 0.4) is 0 Å². The van der Waals surface area contributed by atoms with Crippen molar-refractivity contribution in [2.75, 3.05) is 33.4 Å². The zero-order chi connectivity index (χ0) is 15.5. The quantitative estimate of drug-likeness (QED) is 0.697. The fourth-order valence-corrected chi connectivity index (χ4v) is 1.48. The van der Waals surface area contributed by atoms with Gasteiger partial charge in [-0.15, -0.1) is 0 Å². The normalized spacial score (nSPS) is 9.62. The summed E-state index contributed by atoms with van der Waals surface area (Å²) in [6.45, 7) is 2.49. The molecular formula is C14H20N2O5. The molecular weight excluding hydrogens is 276 g/mol. The van der Waals surface area contributed by atoms with E-state index in [0.717, 1.165) is 0 Å². The Balaban J connectivity index is 2.21. The molecule has 21 heavy (non-hydrogen) atoms. The molecule has 0 aromatic heterocycles. The van der Waals surface area contributed by atoms with Crippen LogP contribution >= 0.6 is 0 Å². The molecule has 0 bridgehead atoms. The van der Waals surface area contributed by atoms with E-state index in [1.807, 2.05) is 6.07 Å². The number of carbonyl (C=O) groups excluding carboxylic acids is 2. The van der Waals surface area contributed by atoms with Crippen LogP contribution in [0.15, 0.2) is 24.3 Å². The lowest BCUT2D eigenvalue weighted by Crippen LogP contribution is -2.37. The Hall–Kier alpha value is -2.44. The number of alkyl carbamates (subject to hydrolysis) is 1. The van der Waals surface area contributed by atoms with Gasteiger partial charge in [0.1, 0.15) is 0 Å². The van der Waals surface area contributed by atoms with Gasteiger partial charge in [0.2, 0.25) is 0 Å². The predicted molar refractivity (Wildman–Crippen MR) is 76.5 cm³/mol. The Bertz CT molecular complexity index is 464. The number of hydrogen-bond donors (Lipinski definition) is 2. The Morgan fingerprint density at radius 3 is 2.43 bits per heavy atom. The van der Waals surface area contributed by atoms with Crippen molar-refractivity contribution in [2.24, 2.45) is 0 Å². The van der Waals surface area contributed by atoms with Crippen molar-refractivity contribution < 1.29 is 23.8 Å². The molecule has 1 aromatic rings. The van der Waals surface area contributed by atoms with E-state index >= 15 is 0 Å². The molecule has 2 amide bonds. The molecule has 0 saturated carbocycles. The zero-order valence-electron chi connectivity index (χ0n) is 12.2. The summed E-state index contributed by atoms with van der Waals surface area (Å²) in [4.78, 5) is 22.5. The van der Waals surface area contributed by atoms with E-state index in [0.29, 0.717) is 31.2 Å². The third-order valence-corrected chi connectivity index (χ3v) is 2.42. The SMILES string of the molecule is CCOC(=O)NCCNC(=O)COc1ccccc1OC. The second-order valence-electron chi connectivity index (χ2n) is 3.94. The van der Waals surface area contributed by atoms with Crippen molar-refractivity contribution in [2.45, 2.75) is 6.92 Å². The van der Waals surface area contributed by atoms with Gasteiger partial charge < -0.3 is 24.8 Å². The van der Waals surface area contributed by atoms with E-state index < -0.39 is 6.09 Å². The lowest BCUT2D eigenvalue weighted by atomic mass is 10.3. The number of amides is 2. The van der Waals surface area contributed by atoms with Crippen molar-refractivity contribution in [3.05, 3.63) is 24.3 Å². The highest BCUT2D eigenvalue weighted by molar-refractivity contribution is 5.77. The highest BCUT2D eigenvalue weighted by Gasteiger charge is 2.06. The molecule has 0 radical (unpaired) electrons. The first-order valence-electron chi connectivity index (χ1n) is 6.60. The van der Waals surface area contributed by atoms with Gasteiger partial charge in [-0.1, -0.05) is 12.1 Å². The molecule has 1 aromatic carbocycles. The fraction of sp³-hybridized carbons (Fsp3) is 0.429. The van der Waals surface area contributed by atoms with Crippen LogP contribution in [-0.4, -0.2) is 45.4 Å². The summed E-state index contributed by atoms with van der Waals surface area (Å²) < 4.78 is 15.1. The van der Waals surface area contributed by atoms with Gasteiger partial charge in [0.15, 0.2) is 18.1 Å². The molecule has 0 atom stereocenters. The summed E-state index contributed by atoms with van der Waals surface area (Å²) in [6, 6.07) is 7.07. The number of methoxy groups -OCH3 is 1. The number of ether oxygens (including phenoxy) is 3. The molecule has 0 aliphatic rings. The third-order valence-electron chi connectivity index (χ3n) is 2.42. The van der Waals surface area contributed by atoms with E-state index in [1.54, 1.807) is 25.1 Å². The van der Waals surface area contributed by atoms with Crippen molar-refractivity contribution in [1.82, 2.24) is 10.6 Å². The van der Waals surface area contributed by atoms with Crippen LogP contribution in [0.5, 0.6) is 11.5 Å². The van der Waals surface area contributed by atoms with E-state index in [9.17, 15) is 9.59 Å². The lowest BCUT2D eigenvalue weighted by Gasteiger charge is -2.10. The van der Waals surface area contributed by atoms with Gasteiger partial charge in [0, 0.05) is 13.1 Å². The number of nitrogens with one attached hydrogen (secondary N) is 2. The largest absolute Gasteiger partial charge is 0.493 e. The number of hydrogen-bond acceptors (Lipinski definition) is 5. The van der Waals surface area contributed by atoms with Crippen LogP contribution in [0, 0.1) is 0 Å².